The van der Waals surface area contributed by atoms with Gasteiger partial charge in [-0.15, -0.1) is 0 Å². The fourth-order valence-corrected chi connectivity index (χ4v) is 4.72. The van der Waals surface area contributed by atoms with Crippen LogP contribution in [0.25, 0.3) is 0 Å². The molecule has 4 rings (SSSR count). The van der Waals surface area contributed by atoms with Crippen LogP contribution in [0.4, 0.5) is 4.79 Å². The Morgan fingerprint density at radius 1 is 1.00 bits per heavy atom. The smallest absolute Gasteiger partial charge is 0.489 e. The maximum absolute atomic E-state index is 13.2. The largest absolute Gasteiger partial charge is 0.494 e. The Kier molecular flexibility index (Phi) is 8.85. The molecule has 2 aliphatic heterocycles. The molecule has 2 heterocycles. The van der Waals surface area contributed by atoms with Gasteiger partial charge in [0.2, 0.25) is 5.91 Å². The normalized spacial score (nSPS) is 18.9. The lowest BCUT2D eigenvalue weighted by Crippen LogP contribution is -2.48. The van der Waals surface area contributed by atoms with E-state index in [1.54, 1.807) is 4.90 Å². The van der Waals surface area contributed by atoms with Gasteiger partial charge in [0.05, 0.1) is 17.6 Å². The van der Waals surface area contributed by atoms with Crippen LogP contribution in [0.2, 0.25) is 0 Å². The number of ether oxygens (including phenoxy) is 2. The zero-order chi connectivity index (χ0) is 29.1. The summed E-state index contributed by atoms with van der Waals surface area (Å²) in [7, 11) is -0.535. The molecule has 1 N–H and O–H groups in total. The Hall–Kier alpha value is -3.04. The van der Waals surface area contributed by atoms with E-state index in [2.05, 4.69) is 5.32 Å². The average molecular weight is 551 g/mol. The van der Waals surface area contributed by atoms with Gasteiger partial charge in [0, 0.05) is 24.7 Å². The molecule has 0 radical (unpaired) electrons. The minimum absolute atomic E-state index is 0.00819. The first-order valence-corrected chi connectivity index (χ1v) is 14.1. The van der Waals surface area contributed by atoms with Crippen molar-refractivity contribution in [3.8, 4) is 5.75 Å². The van der Waals surface area contributed by atoms with E-state index in [0.717, 1.165) is 16.6 Å². The van der Waals surface area contributed by atoms with Crippen LogP contribution in [0.15, 0.2) is 48.5 Å². The first kappa shape index (κ1) is 29.9. The van der Waals surface area contributed by atoms with Gasteiger partial charge < -0.3 is 29.0 Å². The molecule has 2 aromatic rings. The number of likely N-dealkylation sites (tertiary alicyclic amines) is 1. The number of piperidine rings is 1. The summed E-state index contributed by atoms with van der Waals surface area (Å²) >= 11 is 0. The fraction of sp³-hybridized carbons (Fsp3) is 0.548. The lowest BCUT2D eigenvalue weighted by molar-refractivity contribution is -0.121. The predicted molar refractivity (Wildman–Crippen MR) is 156 cm³/mol. The van der Waals surface area contributed by atoms with Crippen molar-refractivity contribution >= 4 is 24.6 Å². The Labute approximate surface area is 238 Å². The number of benzene rings is 2. The molecule has 216 valence electrons. The number of carbonyl (C=O) groups is 2. The second-order valence-corrected chi connectivity index (χ2v) is 12.7. The number of nitrogens with zero attached hydrogens (tertiary/aromatic N) is 1. The van der Waals surface area contributed by atoms with Crippen LogP contribution in [0.3, 0.4) is 0 Å². The molecule has 2 aromatic carbocycles. The van der Waals surface area contributed by atoms with Gasteiger partial charge in [0.25, 0.3) is 0 Å². The van der Waals surface area contributed by atoms with Crippen molar-refractivity contribution in [1.82, 2.24) is 10.2 Å². The third-order valence-corrected chi connectivity index (χ3v) is 7.71. The average Bonchev–Trinajstić information content (AvgIpc) is 3.09. The van der Waals surface area contributed by atoms with Gasteiger partial charge in [0.1, 0.15) is 18.0 Å². The number of rotatable bonds is 7. The SMILES string of the molecule is CC(C)(C)OC(=O)N1CCC(NC(=O)Cc2cc(B3OC(C)(C)C(C)(C)O3)ccc2OCc2ccccc2)CC1. The van der Waals surface area contributed by atoms with E-state index in [4.69, 9.17) is 18.8 Å². The number of carbonyl (C=O) groups excluding carboxylic acids is 2. The third kappa shape index (κ3) is 7.58. The molecule has 2 fully saturated rings. The van der Waals surface area contributed by atoms with Gasteiger partial charge in [-0.25, -0.2) is 4.79 Å². The summed E-state index contributed by atoms with van der Waals surface area (Å²) in [6, 6.07) is 15.7. The van der Waals surface area contributed by atoms with Crippen LogP contribution < -0.4 is 15.5 Å². The molecule has 0 unspecified atom stereocenters. The highest BCUT2D eigenvalue weighted by atomic mass is 16.7. The Bertz CT molecular complexity index is 1170. The van der Waals surface area contributed by atoms with Crippen LogP contribution in [0.5, 0.6) is 5.75 Å². The monoisotopic (exact) mass is 550 g/mol. The molecular formula is C31H43BN2O6. The van der Waals surface area contributed by atoms with Crippen LogP contribution in [0, 0.1) is 0 Å². The van der Waals surface area contributed by atoms with Crippen LogP contribution >= 0.6 is 0 Å². The summed E-state index contributed by atoms with van der Waals surface area (Å²) in [6.45, 7) is 15.1. The number of nitrogens with one attached hydrogen (secondary N) is 1. The van der Waals surface area contributed by atoms with E-state index in [0.29, 0.717) is 38.3 Å². The van der Waals surface area contributed by atoms with Crippen molar-refractivity contribution in [2.24, 2.45) is 0 Å². The standard InChI is InChI=1S/C31H43BN2O6/c1-29(2,3)38-28(36)34-17-15-25(16-18-34)33-27(35)20-23-19-24(32-39-30(4,5)31(6,7)40-32)13-14-26(23)37-21-22-11-9-8-10-12-22/h8-14,19,25H,15-18,20-21H2,1-7H3,(H,33,35). The predicted octanol–water partition coefficient (Wildman–Crippen LogP) is 4.62. The van der Waals surface area contributed by atoms with Crippen molar-refractivity contribution in [2.45, 2.75) is 97.2 Å². The van der Waals surface area contributed by atoms with Crippen LogP contribution in [0.1, 0.15) is 72.4 Å². The number of hydrogen-bond acceptors (Lipinski definition) is 6. The summed E-state index contributed by atoms with van der Waals surface area (Å²) in [4.78, 5) is 27.3. The van der Waals surface area contributed by atoms with Crippen molar-refractivity contribution in [1.29, 1.82) is 0 Å². The molecule has 0 bridgehead atoms. The summed E-state index contributed by atoms with van der Waals surface area (Å²) < 4.78 is 24.2. The van der Waals surface area contributed by atoms with E-state index >= 15 is 0 Å². The van der Waals surface area contributed by atoms with Gasteiger partial charge >= 0.3 is 13.2 Å². The quantitative estimate of drug-likeness (QED) is 0.507. The Balaban J connectivity index is 1.43. The summed E-state index contributed by atoms with van der Waals surface area (Å²) in [5, 5.41) is 3.16. The van der Waals surface area contributed by atoms with Gasteiger partial charge in [-0.2, -0.15) is 0 Å². The van der Waals surface area contributed by atoms with Gasteiger partial charge in [-0.3, -0.25) is 4.79 Å². The number of hydrogen-bond donors (Lipinski definition) is 1. The van der Waals surface area contributed by atoms with E-state index in [9.17, 15) is 9.59 Å². The van der Waals surface area contributed by atoms with Crippen molar-refractivity contribution in [3.05, 3.63) is 59.7 Å². The molecule has 0 aromatic heterocycles. The van der Waals surface area contributed by atoms with E-state index in [-0.39, 0.29) is 24.5 Å². The summed E-state index contributed by atoms with van der Waals surface area (Å²) in [5.41, 5.74) is 1.20. The minimum atomic E-state index is -0.535. The van der Waals surface area contributed by atoms with Gasteiger partial charge in [0.15, 0.2) is 0 Å². The topological polar surface area (TPSA) is 86.3 Å². The van der Waals surface area contributed by atoms with Gasteiger partial charge in [-0.05, 0) is 78.4 Å². The molecule has 2 aliphatic rings. The molecule has 40 heavy (non-hydrogen) atoms. The second kappa shape index (κ2) is 11.8. The van der Waals surface area contributed by atoms with Crippen molar-refractivity contribution in [3.63, 3.8) is 0 Å². The van der Waals surface area contributed by atoms with E-state index in [1.165, 1.54) is 0 Å². The van der Waals surface area contributed by atoms with Crippen molar-refractivity contribution in [2.75, 3.05) is 13.1 Å². The first-order chi connectivity index (χ1) is 18.7. The minimum Gasteiger partial charge on any atom is -0.489 e. The van der Waals surface area contributed by atoms with Crippen molar-refractivity contribution < 1.29 is 28.4 Å². The second-order valence-electron chi connectivity index (χ2n) is 12.7. The lowest BCUT2D eigenvalue weighted by Gasteiger charge is -2.33. The maximum Gasteiger partial charge on any atom is 0.494 e. The molecule has 0 spiro atoms. The van der Waals surface area contributed by atoms with Crippen LogP contribution in [-0.4, -0.2) is 60.0 Å². The fourth-order valence-electron chi connectivity index (χ4n) is 4.72. The molecule has 0 atom stereocenters. The summed E-state index contributed by atoms with van der Waals surface area (Å²) in [6.07, 6.45) is 1.20. The van der Waals surface area contributed by atoms with E-state index < -0.39 is 23.9 Å². The maximum atomic E-state index is 13.2. The first-order valence-electron chi connectivity index (χ1n) is 14.1. The highest BCUT2D eigenvalue weighted by Crippen LogP contribution is 2.36. The lowest BCUT2D eigenvalue weighted by atomic mass is 9.78. The molecular weight excluding hydrogens is 507 g/mol. The highest BCUT2D eigenvalue weighted by molar-refractivity contribution is 6.62. The highest BCUT2D eigenvalue weighted by Gasteiger charge is 2.51. The Morgan fingerprint density at radius 2 is 1.62 bits per heavy atom. The number of amides is 2. The third-order valence-electron chi connectivity index (χ3n) is 7.71. The molecule has 2 amide bonds. The molecule has 9 heteroatoms. The molecule has 0 saturated carbocycles. The Morgan fingerprint density at radius 3 is 2.23 bits per heavy atom. The zero-order valence-electron chi connectivity index (χ0n) is 24.9. The van der Waals surface area contributed by atoms with Crippen LogP contribution in [-0.2, 0) is 31.9 Å². The molecule has 8 nitrogen and oxygen atoms in total. The van der Waals surface area contributed by atoms with Gasteiger partial charge in [-0.1, -0.05) is 42.5 Å². The zero-order valence-corrected chi connectivity index (χ0v) is 24.9. The molecule has 2 saturated heterocycles. The van der Waals surface area contributed by atoms with E-state index in [1.807, 2.05) is 97.0 Å². The summed E-state index contributed by atoms with van der Waals surface area (Å²) in [5.74, 6) is 0.561. The molecule has 0 aliphatic carbocycles.